The summed E-state index contributed by atoms with van der Waals surface area (Å²) >= 11 is -2.75. The molecule has 0 aromatic heterocycles. The smallest absolute Gasteiger partial charge is 0.337 e. The standard InChI is InChI=1S/C18H25NO7S/c1-18(2,3)26-16(20)10-19(27(22)23)14-8-7-13(17(21)24-4)9-15(14)25-11-12-5-6-12/h7-9,12H,5-6,10-11H2,1-4H3,(H,22,23)/p-1. The first-order valence-electron chi connectivity index (χ1n) is 8.54. The number of nitrogens with zero attached hydrogens (tertiary/aromatic N) is 1. The number of ether oxygens (including phenoxy) is 3. The van der Waals surface area contributed by atoms with Gasteiger partial charge in [-0.05, 0) is 57.7 Å². The highest BCUT2D eigenvalue weighted by Gasteiger charge is 2.25. The highest BCUT2D eigenvalue weighted by atomic mass is 32.2. The number of carbonyl (C=O) groups is 2. The van der Waals surface area contributed by atoms with Crippen molar-refractivity contribution in [1.82, 2.24) is 0 Å². The second-order valence-corrected chi connectivity index (χ2v) is 8.14. The van der Waals surface area contributed by atoms with E-state index in [1.807, 2.05) is 0 Å². The number of rotatable bonds is 8. The minimum Gasteiger partial charge on any atom is -0.755 e. The lowest BCUT2D eigenvalue weighted by Crippen LogP contribution is -2.36. The van der Waals surface area contributed by atoms with Gasteiger partial charge < -0.3 is 18.8 Å². The van der Waals surface area contributed by atoms with Crippen LogP contribution in [-0.2, 0) is 25.5 Å². The molecule has 1 fully saturated rings. The Balaban J connectivity index is 2.30. The van der Waals surface area contributed by atoms with E-state index in [4.69, 9.17) is 14.2 Å². The van der Waals surface area contributed by atoms with Crippen molar-refractivity contribution in [2.75, 3.05) is 24.6 Å². The highest BCUT2D eigenvalue weighted by molar-refractivity contribution is 7.80. The van der Waals surface area contributed by atoms with Crippen molar-refractivity contribution < 1.29 is 32.6 Å². The highest BCUT2D eigenvalue weighted by Crippen LogP contribution is 2.34. The number of anilines is 1. The third-order valence-corrected chi connectivity index (χ3v) is 4.38. The topological polar surface area (TPSA) is 105 Å². The number of carbonyl (C=O) groups excluding carboxylic acids is 2. The molecule has 0 aliphatic heterocycles. The van der Waals surface area contributed by atoms with Crippen molar-refractivity contribution in [2.24, 2.45) is 5.92 Å². The van der Waals surface area contributed by atoms with Crippen LogP contribution >= 0.6 is 0 Å². The van der Waals surface area contributed by atoms with E-state index >= 15 is 0 Å². The monoisotopic (exact) mass is 398 g/mol. The van der Waals surface area contributed by atoms with Crippen molar-refractivity contribution in [1.29, 1.82) is 0 Å². The molecule has 0 spiro atoms. The molecular formula is C18H24NO7S-. The van der Waals surface area contributed by atoms with Gasteiger partial charge in [-0.3, -0.25) is 13.3 Å². The summed E-state index contributed by atoms with van der Waals surface area (Å²) in [6.07, 6.45) is 2.09. The van der Waals surface area contributed by atoms with E-state index in [2.05, 4.69) is 0 Å². The Bertz CT molecular complexity index is 725. The van der Waals surface area contributed by atoms with Gasteiger partial charge in [0.15, 0.2) is 0 Å². The molecule has 1 saturated carbocycles. The van der Waals surface area contributed by atoms with Gasteiger partial charge in [0.1, 0.15) is 17.9 Å². The second kappa shape index (κ2) is 8.71. The van der Waals surface area contributed by atoms with Crippen LogP contribution in [0.25, 0.3) is 0 Å². The molecule has 0 saturated heterocycles. The van der Waals surface area contributed by atoms with Crippen molar-refractivity contribution in [3.8, 4) is 5.75 Å². The molecule has 0 heterocycles. The summed E-state index contributed by atoms with van der Waals surface area (Å²) in [5.74, 6) is -0.661. The van der Waals surface area contributed by atoms with Gasteiger partial charge in [0, 0.05) is 11.3 Å². The number of esters is 2. The summed E-state index contributed by atoms with van der Waals surface area (Å²) in [5.41, 5.74) is -0.365. The zero-order chi connectivity index (χ0) is 20.2. The Morgan fingerprint density at radius 1 is 1.30 bits per heavy atom. The average Bonchev–Trinajstić information content (AvgIpc) is 3.39. The van der Waals surface area contributed by atoms with Crippen molar-refractivity contribution in [3.05, 3.63) is 23.8 Å². The van der Waals surface area contributed by atoms with Gasteiger partial charge >= 0.3 is 11.9 Å². The van der Waals surface area contributed by atoms with Gasteiger partial charge in [0.25, 0.3) is 0 Å². The summed E-state index contributed by atoms with van der Waals surface area (Å²) in [7, 11) is 1.25. The van der Waals surface area contributed by atoms with Crippen LogP contribution in [0.1, 0.15) is 44.0 Å². The first-order valence-corrected chi connectivity index (χ1v) is 9.58. The molecule has 150 valence electrons. The van der Waals surface area contributed by atoms with E-state index in [1.165, 1.54) is 25.3 Å². The van der Waals surface area contributed by atoms with E-state index in [9.17, 15) is 18.4 Å². The van der Waals surface area contributed by atoms with E-state index in [0.717, 1.165) is 17.1 Å². The molecule has 0 N–H and O–H groups in total. The quantitative estimate of drug-likeness (QED) is 0.488. The summed E-state index contributed by atoms with van der Waals surface area (Å²) in [5, 5.41) is 0. The maximum Gasteiger partial charge on any atom is 0.337 e. The zero-order valence-electron chi connectivity index (χ0n) is 15.9. The molecule has 1 aliphatic rings. The maximum atomic E-state index is 12.1. The number of hydrogen-bond acceptors (Lipinski definition) is 7. The second-order valence-electron chi connectivity index (χ2n) is 7.27. The Labute approximate surface area is 161 Å². The van der Waals surface area contributed by atoms with Gasteiger partial charge in [0.2, 0.25) is 0 Å². The predicted octanol–water partition coefficient (Wildman–Crippen LogP) is 2.20. The first-order chi connectivity index (χ1) is 12.6. The molecule has 1 atom stereocenters. The van der Waals surface area contributed by atoms with Crippen molar-refractivity contribution in [3.63, 3.8) is 0 Å². The van der Waals surface area contributed by atoms with E-state index in [-0.39, 0.29) is 17.0 Å². The molecule has 1 aliphatic carbocycles. The molecule has 27 heavy (non-hydrogen) atoms. The SMILES string of the molecule is COC(=O)c1ccc(N(CC(=O)OC(C)(C)C)S(=O)[O-])c(OCC2CC2)c1. The fraction of sp³-hybridized carbons (Fsp3) is 0.556. The van der Waals surface area contributed by atoms with Gasteiger partial charge in [-0.25, -0.2) is 4.79 Å². The third kappa shape index (κ3) is 6.51. The summed E-state index contributed by atoms with van der Waals surface area (Å²) in [6, 6.07) is 4.24. The van der Waals surface area contributed by atoms with E-state index < -0.39 is 35.4 Å². The fourth-order valence-corrected chi connectivity index (χ4v) is 2.80. The van der Waals surface area contributed by atoms with Crippen LogP contribution < -0.4 is 9.04 Å². The predicted molar refractivity (Wildman–Crippen MR) is 98.1 cm³/mol. The molecule has 0 radical (unpaired) electrons. The Hall–Kier alpha value is -2.13. The lowest BCUT2D eigenvalue weighted by molar-refractivity contribution is -0.152. The van der Waals surface area contributed by atoms with Gasteiger partial charge in [-0.1, -0.05) is 0 Å². The van der Waals surface area contributed by atoms with E-state index in [0.29, 0.717) is 12.5 Å². The molecule has 1 aromatic rings. The average molecular weight is 398 g/mol. The van der Waals surface area contributed by atoms with Crippen LogP contribution in [0.5, 0.6) is 5.75 Å². The molecule has 1 unspecified atom stereocenters. The van der Waals surface area contributed by atoms with Gasteiger partial charge in [-0.15, -0.1) is 0 Å². The van der Waals surface area contributed by atoms with Gasteiger partial charge in [-0.2, -0.15) is 0 Å². The molecule has 0 amide bonds. The minimum atomic E-state index is -2.75. The number of hydrogen-bond donors (Lipinski definition) is 0. The first kappa shape index (κ1) is 21.2. The van der Waals surface area contributed by atoms with Crippen LogP contribution in [0.4, 0.5) is 5.69 Å². The molecule has 9 heteroatoms. The summed E-state index contributed by atoms with van der Waals surface area (Å²) < 4.78 is 40.0. The fourth-order valence-electron chi connectivity index (χ4n) is 2.28. The molecule has 8 nitrogen and oxygen atoms in total. The largest absolute Gasteiger partial charge is 0.755 e. The van der Waals surface area contributed by atoms with Gasteiger partial charge in [0.05, 0.1) is 25.0 Å². The summed E-state index contributed by atoms with van der Waals surface area (Å²) in [6.45, 7) is 4.98. The van der Waals surface area contributed by atoms with Crippen LogP contribution in [0.15, 0.2) is 18.2 Å². The number of benzene rings is 1. The van der Waals surface area contributed by atoms with Crippen LogP contribution in [0.2, 0.25) is 0 Å². The van der Waals surface area contributed by atoms with Crippen LogP contribution in [0.3, 0.4) is 0 Å². The third-order valence-electron chi connectivity index (χ3n) is 3.69. The minimum absolute atomic E-state index is 0.155. The Morgan fingerprint density at radius 3 is 2.48 bits per heavy atom. The molecule has 2 rings (SSSR count). The zero-order valence-corrected chi connectivity index (χ0v) is 16.7. The lowest BCUT2D eigenvalue weighted by Gasteiger charge is -2.29. The molecule has 1 aromatic carbocycles. The van der Waals surface area contributed by atoms with E-state index in [1.54, 1.807) is 20.8 Å². The van der Waals surface area contributed by atoms with Crippen LogP contribution in [0, 0.1) is 5.92 Å². The molecular weight excluding hydrogens is 374 g/mol. The maximum absolute atomic E-state index is 12.1. The van der Waals surface area contributed by atoms with Crippen LogP contribution in [-0.4, -0.2) is 46.6 Å². The Morgan fingerprint density at radius 2 is 1.96 bits per heavy atom. The van der Waals surface area contributed by atoms with Crippen molar-refractivity contribution in [2.45, 2.75) is 39.2 Å². The normalized spacial score (nSPS) is 15.0. The summed E-state index contributed by atoms with van der Waals surface area (Å²) in [4.78, 5) is 23.9. The molecule has 0 bridgehead atoms. The number of methoxy groups -OCH3 is 1. The lowest BCUT2D eigenvalue weighted by atomic mass is 10.2. The van der Waals surface area contributed by atoms with Crippen molar-refractivity contribution >= 4 is 28.9 Å². The Kier molecular flexibility index (Phi) is 6.83.